The molecule has 1 N–H and O–H groups in total. The highest BCUT2D eigenvalue weighted by Gasteiger charge is 2.29. The molecule has 1 heterocycles. The first-order valence-electron chi connectivity index (χ1n) is 8.26. The number of amides is 2. The molecule has 1 aromatic rings. The number of piperidine rings is 1. The molecule has 2 rings (SSSR count). The molecule has 0 aromatic heterocycles. The Kier molecular flexibility index (Phi) is 5.99. The van der Waals surface area contributed by atoms with Crippen LogP contribution in [0.5, 0.6) is 0 Å². The molecule has 1 fully saturated rings. The molecule has 2 atom stereocenters. The normalized spacial score (nSPS) is 19.5. The minimum Gasteiger partial charge on any atom is -0.353 e. The van der Waals surface area contributed by atoms with Gasteiger partial charge in [-0.3, -0.25) is 9.59 Å². The van der Waals surface area contributed by atoms with Gasteiger partial charge < -0.3 is 10.2 Å². The van der Waals surface area contributed by atoms with Gasteiger partial charge in [-0.2, -0.15) is 0 Å². The summed E-state index contributed by atoms with van der Waals surface area (Å²) in [6.07, 6.45) is 3.80. The summed E-state index contributed by atoms with van der Waals surface area (Å²) < 4.78 is 0. The molecule has 1 aliphatic rings. The van der Waals surface area contributed by atoms with E-state index in [4.69, 9.17) is 0 Å². The molecule has 4 heteroatoms. The zero-order chi connectivity index (χ0) is 15.9. The zero-order valence-electron chi connectivity index (χ0n) is 13.5. The average Bonchev–Trinajstić information content (AvgIpc) is 2.55. The minimum atomic E-state index is -0.0827. The van der Waals surface area contributed by atoms with Gasteiger partial charge in [0, 0.05) is 24.7 Å². The number of benzene rings is 1. The highest BCUT2D eigenvalue weighted by Crippen LogP contribution is 2.19. The third kappa shape index (κ3) is 4.33. The third-order valence-electron chi connectivity index (χ3n) is 4.21. The van der Waals surface area contributed by atoms with Crippen molar-refractivity contribution in [3.63, 3.8) is 0 Å². The Labute approximate surface area is 132 Å². The van der Waals surface area contributed by atoms with Crippen molar-refractivity contribution >= 4 is 11.8 Å². The molecule has 0 spiro atoms. The van der Waals surface area contributed by atoms with Crippen LogP contribution in [-0.2, 0) is 4.79 Å². The Morgan fingerprint density at radius 1 is 1.32 bits per heavy atom. The van der Waals surface area contributed by atoms with E-state index in [1.807, 2.05) is 42.2 Å². The van der Waals surface area contributed by atoms with Crippen molar-refractivity contribution in [3.05, 3.63) is 35.9 Å². The predicted octanol–water partition coefficient (Wildman–Crippen LogP) is 2.84. The number of hydrogen-bond acceptors (Lipinski definition) is 2. The van der Waals surface area contributed by atoms with Crippen LogP contribution in [-0.4, -0.2) is 35.8 Å². The highest BCUT2D eigenvalue weighted by atomic mass is 16.2. The van der Waals surface area contributed by atoms with E-state index in [2.05, 4.69) is 12.2 Å². The maximum Gasteiger partial charge on any atom is 0.253 e. The standard InChI is InChI=1S/C18H26N2O2/c1-3-8-14(2)19-17(21)16-11-7-12-20(13-16)18(22)15-9-5-4-6-10-15/h4-6,9-10,14,16H,3,7-8,11-13H2,1-2H3,(H,19,21)/t14-,16-/m0/s1. The Balaban J connectivity index is 1.94. The highest BCUT2D eigenvalue weighted by molar-refractivity contribution is 5.94. The number of hydrogen-bond donors (Lipinski definition) is 1. The van der Waals surface area contributed by atoms with Gasteiger partial charge in [0.25, 0.3) is 5.91 Å². The Morgan fingerprint density at radius 2 is 2.05 bits per heavy atom. The van der Waals surface area contributed by atoms with Crippen LogP contribution < -0.4 is 5.32 Å². The van der Waals surface area contributed by atoms with E-state index in [0.717, 1.165) is 32.2 Å². The van der Waals surface area contributed by atoms with Crippen LogP contribution >= 0.6 is 0 Å². The smallest absolute Gasteiger partial charge is 0.253 e. The zero-order valence-corrected chi connectivity index (χ0v) is 13.5. The van der Waals surface area contributed by atoms with E-state index in [1.54, 1.807) is 0 Å². The number of nitrogens with one attached hydrogen (secondary N) is 1. The van der Waals surface area contributed by atoms with Crippen molar-refractivity contribution in [2.75, 3.05) is 13.1 Å². The Morgan fingerprint density at radius 3 is 2.73 bits per heavy atom. The van der Waals surface area contributed by atoms with Gasteiger partial charge in [0.1, 0.15) is 0 Å². The molecular weight excluding hydrogens is 276 g/mol. The first-order valence-corrected chi connectivity index (χ1v) is 8.26. The summed E-state index contributed by atoms with van der Waals surface area (Å²) in [5, 5.41) is 3.07. The molecule has 120 valence electrons. The van der Waals surface area contributed by atoms with Crippen molar-refractivity contribution in [3.8, 4) is 0 Å². The number of carbonyl (C=O) groups is 2. The largest absolute Gasteiger partial charge is 0.353 e. The molecule has 22 heavy (non-hydrogen) atoms. The lowest BCUT2D eigenvalue weighted by molar-refractivity contribution is -0.127. The van der Waals surface area contributed by atoms with Crippen LogP contribution in [0.15, 0.2) is 30.3 Å². The molecular formula is C18H26N2O2. The van der Waals surface area contributed by atoms with E-state index in [9.17, 15) is 9.59 Å². The Bertz CT molecular complexity index is 501. The van der Waals surface area contributed by atoms with Crippen LogP contribution in [0.3, 0.4) is 0 Å². The van der Waals surface area contributed by atoms with E-state index >= 15 is 0 Å². The van der Waals surface area contributed by atoms with E-state index in [-0.39, 0.29) is 23.8 Å². The van der Waals surface area contributed by atoms with Crippen molar-refractivity contribution < 1.29 is 9.59 Å². The maximum absolute atomic E-state index is 12.5. The van der Waals surface area contributed by atoms with E-state index in [0.29, 0.717) is 12.1 Å². The SMILES string of the molecule is CCC[C@H](C)NC(=O)[C@H]1CCCN(C(=O)c2ccccc2)C1. The van der Waals surface area contributed by atoms with Gasteiger partial charge in [-0.1, -0.05) is 31.5 Å². The molecule has 0 aliphatic carbocycles. The quantitative estimate of drug-likeness (QED) is 0.909. The van der Waals surface area contributed by atoms with Crippen molar-refractivity contribution in [1.82, 2.24) is 10.2 Å². The second-order valence-corrected chi connectivity index (χ2v) is 6.15. The van der Waals surface area contributed by atoms with Gasteiger partial charge in [0.2, 0.25) is 5.91 Å². The van der Waals surface area contributed by atoms with Crippen LogP contribution in [0, 0.1) is 5.92 Å². The maximum atomic E-state index is 12.5. The number of carbonyl (C=O) groups excluding carboxylic acids is 2. The number of nitrogens with zero attached hydrogens (tertiary/aromatic N) is 1. The number of likely N-dealkylation sites (tertiary alicyclic amines) is 1. The summed E-state index contributed by atoms with van der Waals surface area (Å²) in [7, 11) is 0. The van der Waals surface area contributed by atoms with Crippen molar-refractivity contribution in [1.29, 1.82) is 0 Å². The summed E-state index contributed by atoms with van der Waals surface area (Å²) >= 11 is 0. The minimum absolute atomic E-state index is 0.0275. The van der Waals surface area contributed by atoms with E-state index < -0.39 is 0 Å². The van der Waals surface area contributed by atoms with Crippen LogP contribution in [0.1, 0.15) is 49.9 Å². The summed E-state index contributed by atoms with van der Waals surface area (Å²) in [5.41, 5.74) is 0.697. The second kappa shape index (κ2) is 7.97. The first kappa shape index (κ1) is 16.5. The fraction of sp³-hybridized carbons (Fsp3) is 0.556. The predicted molar refractivity (Wildman–Crippen MR) is 87.6 cm³/mol. The van der Waals surface area contributed by atoms with Gasteiger partial charge in [-0.25, -0.2) is 0 Å². The molecule has 2 amide bonds. The molecule has 1 aliphatic heterocycles. The van der Waals surface area contributed by atoms with Crippen LogP contribution in [0.2, 0.25) is 0 Å². The summed E-state index contributed by atoms with van der Waals surface area (Å²) in [6.45, 7) is 5.42. The molecule has 0 unspecified atom stereocenters. The fourth-order valence-corrected chi connectivity index (χ4v) is 3.00. The monoisotopic (exact) mass is 302 g/mol. The second-order valence-electron chi connectivity index (χ2n) is 6.15. The summed E-state index contributed by atoms with van der Waals surface area (Å²) in [4.78, 5) is 26.6. The number of rotatable bonds is 5. The molecule has 1 saturated heterocycles. The van der Waals surface area contributed by atoms with Gasteiger partial charge in [-0.05, 0) is 38.3 Å². The lowest BCUT2D eigenvalue weighted by Crippen LogP contribution is -2.47. The molecule has 1 aromatic carbocycles. The lowest BCUT2D eigenvalue weighted by Gasteiger charge is -2.32. The summed E-state index contributed by atoms with van der Waals surface area (Å²) in [6, 6.07) is 9.50. The van der Waals surface area contributed by atoms with Crippen molar-refractivity contribution in [2.45, 2.75) is 45.6 Å². The van der Waals surface area contributed by atoms with Crippen molar-refractivity contribution in [2.24, 2.45) is 5.92 Å². The van der Waals surface area contributed by atoms with E-state index in [1.165, 1.54) is 0 Å². The fourth-order valence-electron chi connectivity index (χ4n) is 3.00. The topological polar surface area (TPSA) is 49.4 Å². The molecule has 0 radical (unpaired) electrons. The average molecular weight is 302 g/mol. The molecule has 0 bridgehead atoms. The van der Waals surface area contributed by atoms with Gasteiger partial charge in [0.05, 0.1) is 5.92 Å². The van der Waals surface area contributed by atoms with Gasteiger partial charge >= 0.3 is 0 Å². The molecule has 0 saturated carbocycles. The van der Waals surface area contributed by atoms with Crippen LogP contribution in [0.4, 0.5) is 0 Å². The lowest BCUT2D eigenvalue weighted by atomic mass is 9.96. The van der Waals surface area contributed by atoms with Crippen LogP contribution in [0.25, 0.3) is 0 Å². The molecule has 4 nitrogen and oxygen atoms in total. The first-order chi connectivity index (χ1) is 10.6. The van der Waals surface area contributed by atoms with Gasteiger partial charge in [-0.15, -0.1) is 0 Å². The Hall–Kier alpha value is -1.84. The van der Waals surface area contributed by atoms with Gasteiger partial charge in [0.15, 0.2) is 0 Å². The summed E-state index contributed by atoms with van der Waals surface area (Å²) in [5.74, 6) is 0.0342. The third-order valence-corrected chi connectivity index (χ3v) is 4.21.